The van der Waals surface area contributed by atoms with Crippen LogP contribution in [0.15, 0.2) is 29.3 Å². The van der Waals surface area contributed by atoms with E-state index < -0.39 is 0 Å². The van der Waals surface area contributed by atoms with Gasteiger partial charge in [-0.1, -0.05) is 23.7 Å². The second-order valence-corrected chi connectivity index (χ2v) is 6.03. The van der Waals surface area contributed by atoms with Crippen LogP contribution in [0.2, 0.25) is 5.02 Å². The van der Waals surface area contributed by atoms with Crippen LogP contribution in [0, 0.1) is 0 Å². The molecular formula is C17H27ClN4O2. The highest BCUT2D eigenvalue weighted by Gasteiger charge is 2.23. The molecule has 1 aromatic carbocycles. The lowest BCUT2D eigenvalue weighted by atomic mass is 10.0. The minimum Gasteiger partial charge on any atom is -0.383 e. The third-order valence-electron chi connectivity index (χ3n) is 4.00. The Morgan fingerprint density at radius 2 is 2.17 bits per heavy atom. The van der Waals surface area contributed by atoms with Gasteiger partial charge in [0.15, 0.2) is 5.96 Å². The average Bonchev–Trinajstić information content (AvgIpc) is 2.61. The summed E-state index contributed by atoms with van der Waals surface area (Å²) < 4.78 is 10.5. The van der Waals surface area contributed by atoms with Crippen molar-refractivity contribution in [1.82, 2.24) is 15.5 Å². The Labute approximate surface area is 149 Å². The molecule has 1 atom stereocenters. The zero-order chi connectivity index (χ0) is 17.2. The van der Waals surface area contributed by atoms with Gasteiger partial charge >= 0.3 is 0 Å². The first-order chi connectivity index (χ1) is 11.7. The van der Waals surface area contributed by atoms with E-state index in [1.165, 1.54) is 5.56 Å². The standard InChI is InChI=1S/C17H27ClN4O2/c1-19-17(20-6-9-23-2)21-13-16(22-7-10-24-11-8-22)14-4-3-5-15(18)12-14/h3-5,12,16H,6-11,13H2,1-2H3,(H2,19,20,21). The van der Waals surface area contributed by atoms with Crippen LogP contribution in [0.5, 0.6) is 0 Å². The van der Waals surface area contributed by atoms with Crippen LogP contribution < -0.4 is 10.6 Å². The summed E-state index contributed by atoms with van der Waals surface area (Å²) in [5.41, 5.74) is 1.20. The summed E-state index contributed by atoms with van der Waals surface area (Å²) in [6.45, 7) is 5.45. The van der Waals surface area contributed by atoms with Crippen molar-refractivity contribution in [1.29, 1.82) is 0 Å². The van der Waals surface area contributed by atoms with Gasteiger partial charge in [-0.3, -0.25) is 9.89 Å². The molecule has 7 heteroatoms. The van der Waals surface area contributed by atoms with Gasteiger partial charge < -0.3 is 20.1 Å². The first kappa shape index (κ1) is 19.0. The van der Waals surface area contributed by atoms with E-state index in [-0.39, 0.29) is 6.04 Å². The highest BCUT2D eigenvalue weighted by atomic mass is 35.5. The molecule has 0 spiro atoms. The summed E-state index contributed by atoms with van der Waals surface area (Å²) >= 11 is 6.19. The number of morpholine rings is 1. The smallest absolute Gasteiger partial charge is 0.191 e. The van der Waals surface area contributed by atoms with E-state index in [0.717, 1.165) is 50.4 Å². The maximum Gasteiger partial charge on any atom is 0.191 e. The highest BCUT2D eigenvalue weighted by Crippen LogP contribution is 2.23. The highest BCUT2D eigenvalue weighted by molar-refractivity contribution is 6.30. The monoisotopic (exact) mass is 354 g/mol. The number of hydrogen-bond acceptors (Lipinski definition) is 4. The lowest BCUT2D eigenvalue weighted by Crippen LogP contribution is -2.46. The first-order valence-electron chi connectivity index (χ1n) is 8.25. The quantitative estimate of drug-likeness (QED) is 0.442. The van der Waals surface area contributed by atoms with E-state index in [1.54, 1.807) is 14.2 Å². The number of halogens is 1. The number of rotatable bonds is 7. The molecule has 24 heavy (non-hydrogen) atoms. The number of aliphatic imine (C=N–C) groups is 1. The molecule has 1 heterocycles. The van der Waals surface area contributed by atoms with Gasteiger partial charge in [0, 0.05) is 45.4 Å². The lowest BCUT2D eigenvalue weighted by molar-refractivity contribution is 0.0170. The van der Waals surface area contributed by atoms with E-state index in [2.05, 4.69) is 26.6 Å². The molecule has 0 aromatic heterocycles. The van der Waals surface area contributed by atoms with Gasteiger partial charge in [0.2, 0.25) is 0 Å². The fourth-order valence-corrected chi connectivity index (χ4v) is 2.94. The Bertz CT molecular complexity index is 521. The van der Waals surface area contributed by atoms with Gasteiger partial charge in [0.25, 0.3) is 0 Å². The van der Waals surface area contributed by atoms with E-state index >= 15 is 0 Å². The third kappa shape index (κ3) is 5.94. The van der Waals surface area contributed by atoms with Crippen LogP contribution in [0.25, 0.3) is 0 Å². The van der Waals surface area contributed by atoms with Crippen LogP contribution >= 0.6 is 11.6 Å². The van der Waals surface area contributed by atoms with Crippen LogP contribution in [0.4, 0.5) is 0 Å². The summed E-state index contributed by atoms with van der Waals surface area (Å²) in [6.07, 6.45) is 0. The molecule has 0 aliphatic carbocycles. The Morgan fingerprint density at radius 3 is 2.83 bits per heavy atom. The lowest BCUT2D eigenvalue weighted by Gasteiger charge is -2.35. The molecule has 1 aliphatic heterocycles. The van der Waals surface area contributed by atoms with E-state index in [4.69, 9.17) is 21.1 Å². The van der Waals surface area contributed by atoms with Crippen molar-refractivity contribution in [3.8, 4) is 0 Å². The molecule has 1 unspecified atom stereocenters. The van der Waals surface area contributed by atoms with Crippen molar-refractivity contribution in [3.05, 3.63) is 34.9 Å². The molecule has 2 rings (SSSR count). The second-order valence-electron chi connectivity index (χ2n) is 5.59. The average molecular weight is 355 g/mol. The Hall–Kier alpha value is -1.34. The summed E-state index contributed by atoms with van der Waals surface area (Å²) in [6, 6.07) is 8.27. The summed E-state index contributed by atoms with van der Waals surface area (Å²) in [4.78, 5) is 6.68. The summed E-state index contributed by atoms with van der Waals surface area (Å²) in [5, 5.41) is 7.40. The Morgan fingerprint density at radius 1 is 1.38 bits per heavy atom. The molecule has 0 bridgehead atoms. The fraction of sp³-hybridized carbons (Fsp3) is 0.588. The molecule has 2 N–H and O–H groups in total. The minimum atomic E-state index is 0.216. The number of methoxy groups -OCH3 is 1. The van der Waals surface area contributed by atoms with Gasteiger partial charge in [-0.2, -0.15) is 0 Å². The van der Waals surface area contributed by atoms with Crippen molar-refractivity contribution in [2.45, 2.75) is 6.04 Å². The fourth-order valence-electron chi connectivity index (χ4n) is 2.75. The molecule has 0 radical (unpaired) electrons. The van der Waals surface area contributed by atoms with E-state index in [9.17, 15) is 0 Å². The molecule has 1 saturated heterocycles. The molecule has 134 valence electrons. The number of ether oxygens (including phenoxy) is 2. The van der Waals surface area contributed by atoms with Gasteiger partial charge in [-0.25, -0.2) is 0 Å². The minimum absolute atomic E-state index is 0.216. The Kier molecular flexibility index (Phi) is 8.32. The molecule has 1 fully saturated rings. The summed E-state index contributed by atoms with van der Waals surface area (Å²) in [7, 11) is 3.46. The van der Waals surface area contributed by atoms with Gasteiger partial charge in [0.05, 0.1) is 25.9 Å². The van der Waals surface area contributed by atoms with Crippen LogP contribution in [-0.2, 0) is 9.47 Å². The maximum atomic E-state index is 6.19. The van der Waals surface area contributed by atoms with Gasteiger partial charge in [-0.15, -0.1) is 0 Å². The van der Waals surface area contributed by atoms with Gasteiger partial charge in [0.1, 0.15) is 0 Å². The maximum absolute atomic E-state index is 6.19. The number of benzene rings is 1. The van der Waals surface area contributed by atoms with E-state index in [0.29, 0.717) is 6.61 Å². The zero-order valence-electron chi connectivity index (χ0n) is 14.4. The third-order valence-corrected chi connectivity index (χ3v) is 4.24. The first-order valence-corrected chi connectivity index (χ1v) is 8.63. The van der Waals surface area contributed by atoms with Crippen molar-refractivity contribution in [3.63, 3.8) is 0 Å². The van der Waals surface area contributed by atoms with Crippen LogP contribution in [0.3, 0.4) is 0 Å². The van der Waals surface area contributed by atoms with Crippen molar-refractivity contribution < 1.29 is 9.47 Å². The zero-order valence-corrected chi connectivity index (χ0v) is 15.2. The van der Waals surface area contributed by atoms with Crippen LogP contribution in [-0.4, -0.2) is 71.0 Å². The normalized spacial score (nSPS) is 17.5. The topological polar surface area (TPSA) is 58.1 Å². The molecule has 6 nitrogen and oxygen atoms in total. The second kappa shape index (κ2) is 10.5. The predicted octanol–water partition coefficient (Wildman–Crippen LogP) is 1.52. The summed E-state index contributed by atoms with van der Waals surface area (Å²) in [5.74, 6) is 0.771. The number of nitrogens with one attached hydrogen (secondary N) is 2. The van der Waals surface area contributed by atoms with Gasteiger partial charge in [-0.05, 0) is 17.7 Å². The number of hydrogen-bond donors (Lipinski definition) is 2. The molecular weight excluding hydrogens is 328 g/mol. The van der Waals surface area contributed by atoms with Crippen molar-refractivity contribution in [2.75, 3.05) is 60.2 Å². The van der Waals surface area contributed by atoms with Crippen LogP contribution in [0.1, 0.15) is 11.6 Å². The van der Waals surface area contributed by atoms with Crippen molar-refractivity contribution in [2.24, 2.45) is 4.99 Å². The number of nitrogens with zero attached hydrogens (tertiary/aromatic N) is 2. The van der Waals surface area contributed by atoms with E-state index in [1.807, 2.05) is 18.2 Å². The predicted molar refractivity (Wildman–Crippen MR) is 97.8 cm³/mol. The number of guanidine groups is 1. The van der Waals surface area contributed by atoms with Crippen molar-refractivity contribution >= 4 is 17.6 Å². The largest absolute Gasteiger partial charge is 0.383 e. The molecule has 1 aromatic rings. The Balaban J connectivity index is 2.02. The SMILES string of the molecule is CN=C(NCCOC)NCC(c1cccc(Cl)c1)N1CCOCC1. The molecule has 1 aliphatic rings. The molecule has 0 amide bonds. The molecule has 0 saturated carbocycles.